The van der Waals surface area contributed by atoms with Crippen molar-refractivity contribution in [2.45, 2.75) is 13.5 Å². The SMILES string of the molecule is Cc1nnc(CNCCNC(N)=O)n1C. The summed E-state index contributed by atoms with van der Waals surface area (Å²) in [6.07, 6.45) is 0. The van der Waals surface area contributed by atoms with Crippen molar-refractivity contribution >= 4 is 6.03 Å². The predicted octanol–water partition coefficient (Wildman–Crippen LogP) is -1.12. The van der Waals surface area contributed by atoms with E-state index in [1.165, 1.54) is 0 Å². The van der Waals surface area contributed by atoms with E-state index in [9.17, 15) is 4.79 Å². The number of nitrogens with one attached hydrogen (secondary N) is 2. The number of urea groups is 1. The van der Waals surface area contributed by atoms with Crippen molar-refractivity contribution in [1.29, 1.82) is 0 Å². The second kappa shape index (κ2) is 5.30. The molecule has 0 atom stereocenters. The Balaban J connectivity index is 2.20. The summed E-state index contributed by atoms with van der Waals surface area (Å²) in [5.41, 5.74) is 4.91. The number of aromatic nitrogens is 3. The van der Waals surface area contributed by atoms with Crippen molar-refractivity contribution in [1.82, 2.24) is 25.4 Å². The minimum Gasteiger partial charge on any atom is -0.352 e. The summed E-state index contributed by atoms with van der Waals surface area (Å²) in [4.78, 5) is 10.3. The van der Waals surface area contributed by atoms with Crippen LogP contribution in [0.2, 0.25) is 0 Å². The normalized spacial score (nSPS) is 10.3. The molecule has 0 saturated carbocycles. The zero-order valence-electron chi connectivity index (χ0n) is 8.95. The molecular formula is C8H16N6O. The molecule has 0 unspecified atom stereocenters. The van der Waals surface area contributed by atoms with Crippen LogP contribution in [0.3, 0.4) is 0 Å². The lowest BCUT2D eigenvalue weighted by Gasteiger charge is -2.04. The number of aryl methyl sites for hydroxylation is 1. The van der Waals surface area contributed by atoms with E-state index < -0.39 is 6.03 Å². The zero-order chi connectivity index (χ0) is 11.3. The molecule has 1 rings (SSSR count). The topological polar surface area (TPSA) is 97.9 Å². The highest BCUT2D eigenvalue weighted by molar-refractivity contribution is 5.71. The maximum absolute atomic E-state index is 10.3. The Morgan fingerprint density at radius 1 is 1.47 bits per heavy atom. The Hall–Kier alpha value is -1.63. The molecule has 0 saturated heterocycles. The van der Waals surface area contributed by atoms with Gasteiger partial charge in [-0.3, -0.25) is 0 Å². The van der Waals surface area contributed by atoms with Crippen LogP contribution < -0.4 is 16.4 Å². The van der Waals surface area contributed by atoms with Gasteiger partial charge in [-0.05, 0) is 6.92 Å². The smallest absolute Gasteiger partial charge is 0.312 e. The molecule has 0 aliphatic carbocycles. The Labute approximate surface area is 88.0 Å². The van der Waals surface area contributed by atoms with Gasteiger partial charge in [0.2, 0.25) is 0 Å². The van der Waals surface area contributed by atoms with E-state index in [1.807, 2.05) is 18.5 Å². The average molecular weight is 212 g/mol. The van der Waals surface area contributed by atoms with E-state index in [-0.39, 0.29) is 0 Å². The summed E-state index contributed by atoms with van der Waals surface area (Å²) in [6, 6.07) is -0.508. The van der Waals surface area contributed by atoms with Crippen LogP contribution in [0.1, 0.15) is 11.6 Å². The van der Waals surface area contributed by atoms with Gasteiger partial charge in [0.1, 0.15) is 11.6 Å². The molecule has 7 heteroatoms. The van der Waals surface area contributed by atoms with E-state index in [1.54, 1.807) is 0 Å². The lowest BCUT2D eigenvalue weighted by Crippen LogP contribution is -2.35. The van der Waals surface area contributed by atoms with E-state index in [4.69, 9.17) is 5.73 Å². The number of carbonyl (C=O) groups is 1. The zero-order valence-corrected chi connectivity index (χ0v) is 8.95. The first kappa shape index (κ1) is 11.4. The lowest BCUT2D eigenvalue weighted by molar-refractivity contribution is 0.249. The molecular weight excluding hydrogens is 196 g/mol. The summed E-state index contributed by atoms with van der Waals surface area (Å²) in [5.74, 6) is 1.74. The molecule has 7 nitrogen and oxygen atoms in total. The molecule has 15 heavy (non-hydrogen) atoms. The number of amides is 2. The average Bonchev–Trinajstić information content (AvgIpc) is 2.48. The van der Waals surface area contributed by atoms with Crippen molar-refractivity contribution in [3.05, 3.63) is 11.6 Å². The Bertz CT molecular complexity index is 334. The van der Waals surface area contributed by atoms with Crippen LogP contribution in [0.4, 0.5) is 4.79 Å². The number of rotatable bonds is 5. The molecule has 1 heterocycles. The molecule has 4 N–H and O–H groups in total. The van der Waals surface area contributed by atoms with Crippen molar-refractivity contribution in [3.8, 4) is 0 Å². The van der Waals surface area contributed by atoms with Gasteiger partial charge < -0.3 is 20.9 Å². The van der Waals surface area contributed by atoms with Crippen LogP contribution in [0, 0.1) is 6.92 Å². The number of hydrogen-bond donors (Lipinski definition) is 3. The van der Waals surface area contributed by atoms with Crippen LogP contribution in [0.15, 0.2) is 0 Å². The van der Waals surface area contributed by atoms with Crippen molar-refractivity contribution in [3.63, 3.8) is 0 Å². The van der Waals surface area contributed by atoms with Crippen molar-refractivity contribution in [2.75, 3.05) is 13.1 Å². The molecule has 0 radical (unpaired) electrons. The first-order valence-electron chi connectivity index (χ1n) is 4.70. The van der Waals surface area contributed by atoms with E-state index in [0.717, 1.165) is 11.6 Å². The fraction of sp³-hybridized carbons (Fsp3) is 0.625. The van der Waals surface area contributed by atoms with Gasteiger partial charge in [0.05, 0.1) is 6.54 Å². The highest BCUT2D eigenvalue weighted by Crippen LogP contribution is 1.95. The van der Waals surface area contributed by atoms with Crippen molar-refractivity contribution < 1.29 is 4.79 Å². The van der Waals surface area contributed by atoms with Gasteiger partial charge in [-0.15, -0.1) is 10.2 Å². The molecule has 2 amide bonds. The minimum atomic E-state index is -0.508. The highest BCUT2D eigenvalue weighted by atomic mass is 16.2. The van der Waals surface area contributed by atoms with Crippen LogP contribution >= 0.6 is 0 Å². The van der Waals surface area contributed by atoms with Crippen LogP contribution in [0.25, 0.3) is 0 Å². The van der Waals surface area contributed by atoms with E-state index >= 15 is 0 Å². The largest absolute Gasteiger partial charge is 0.352 e. The molecule has 84 valence electrons. The standard InChI is InChI=1S/C8H16N6O/c1-6-12-13-7(14(6)2)5-10-3-4-11-8(9)15/h10H,3-5H2,1-2H3,(H3,9,11,15). The Morgan fingerprint density at radius 3 is 2.73 bits per heavy atom. The summed E-state index contributed by atoms with van der Waals surface area (Å²) < 4.78 is 1.91. The number of nitrogens with zero attached hydrogens (tertiary/aromatic N) is 3. The highest BCUT2D eigenvalue weighted by Gasteiger charge is 2.03. The summed E-state index contributed by atoms with van der Waals surface area (Å²) in [6.45, 7) is 3.67. The monoisotopic (exact) mass is 212 g/mol. The number of nitrogens with two attached hydrogens (primary N) is 1. The van der Waals surface area contributed by atoms with Gasteiger partial charge in [-0.2, -0.15) is 0 Å². The molecule has 0 aromatic carbocycles. The molecule has 0 bridgehead atoms. The van der Waals surface area contributed by atoms with Gasteiger partial charge in [-0.25, -0.2) is 4.79 Å². The molecule has 0 aliphatic rings. The maximum atomic E-state index is 10.3. The van der Waals surface area contributed by atoms with Gasteiger partial charge in [0.15, 0.2) is 0 Å². The molecule has 0 fully saturated rings. The third kappa shape index (κ3) is 3.55. The molecule has 1 aromatic heterocycles. The Kier molecular flexibility index (Phi) is 4.04. The second-order valence-corrected chi connectivity index (χ2v) is 3.19. The third-order valence-corrected chi connectivity index (χ3v) is 2.07. The maximum Gasteiger partial charge on any atom is 0.312 e. The van der Waals surface area contributed by atoms with Gasteiger partial charge in [-0.1, -0.05) is 0 Å². The predicted molar refractivity (Wildman–Crippen MR) is 55.0 cm³/mol. The first-order valence-corrected chi connectivity index (χ1v) is 4.70. The molecule has 0 aliphatic heterocycles. The lowest BCUT2D eigenvalue weighted by atomic mass is 10.5. The number of carbonyl (C=O) groups excluding carboxylic acids is 1. The van der Waals surface area contributed by atoms with Gasteiger partial charge in [0.25, 0.3) is 0 Å². The van der Waals surface area contributed by atoms with Crippen LogP contribution in [-0.2, 0) is 13.6 Å². The van der Waals surface area contributed by atoms with Gasteiger partial charge in [0, 0.05) is 20.1 Å². The summed E-state index contributed by atoms with van der Waals surface area (Å²) in [5, 5.41) is 13.5. The quantitative estimate of drug-likeness (QED) is 0.538. The Morgan fingerprint density at radius 2 is 2.20 bits per heavy atom. The molecule has 1 aromatic rings. The fourth-order valence-electron chi connectivity index (χ4n) is 1.08. The summed E-state index contributed by atoms with van der Waals surface area (Å²) in [7, 11) is 1.91. The van der Waals surface area contributed by atoms with E-state index in [0.29, 0.717) is 19.6 Å². The van der Waals surface area contributed by atoms with Crippen molar-refractivity contribution in [2.24, 2.45) is 12.8 Å². The van der Waals surface area contributed by atoms with Crippen LogP contribution in [-0.4, -0.2) is 33.9 Å². The molecule has 0 spiro atoms. The third-order valence-electron chi connectivity index (χ3n) is 2.07. The number of hydrogen-bond acceptors (Lipinski definition) is 4. The summed E-state index contributed by atoms with van der Waals surface area (Å²) >= 11 is 0. The second-order valence-electron chi connectivity index (χ2n) is 3.19. The van der Waals surface area contributed by atoms with Gasteiger partial charge >= 0.3 is 6.03 Å². The minimum absolute atomic E-state index is 0.506. The van der Waals surface area contributed by atoms with Crippen LogP contribution in [0.5, 0.6) is 0 Å². The fourth-order valence-corrected chi connectivity index (χ4v) is 1.08. The van der Waals surface area contributed by atoms with E-state index in [2.05, 4.69) is 20.8 Å². The first-order chi connectivity index (χ1) is 7.11. The number of primary amides is 1.